The average molecular weight is 401 g/mol. The number of rotatable bonds is 4. The quantitative estimate of drug-likeness (QED) is 0.409. The molecule has 0 saturated heterocycles. The van der Waals surface area contributed by atoms with Gasteiger partial charge in [0.2, 0.25) is 5.11 Å². The van der Waals surface area contributed by atoms with Gasteiger partial charge in [0, 0.05) is 18.8 Å². The lowest BCUT2D eigenvalue weighted by atomic mass is 10.1. The molecule has 2 aromatic heterocycles. The molecule has 0 aliphatic heterocycles. The summed E-state index contributed by atoms with van der Waals surface area (Å²) in [5.74, 6) is -0.447. The van der Waals surface area contributed by atoms with Crippen molar-refractivity contribution < 1.29 is 8.78 Å². The smallest absolute Gasteiger partial charge is 0.245 e. The molecule has 3 rings (SSSR count). The largest absolute Gasteiger partial charge is 0.353 e. The van der Waals surface area contributed by atoms with Gasteiger partial charge in [0.05, 0.1) is 19.3 Å². The Balaban J connectivity index is 1.93. The van der Waals surface area contributed by atoms with Crippen molar-refractivity contribution in [3.05, 3.63) is 65.4 Å². The van der Waals surface area contributed by atoms with Crippen LogP contribution in [-0.2, 0) is 0 Å². The van der Waals surface area contributed by atoms with Crippen molar-refractivity contribution in [3.8, 4) is 0 Å². The van der Waals surface area contributed by atoms with Gasteiger partial charge in [-0.1, -0.05) is 5.01 Å². The van der Waals surface area contributed by atoms with E-state index < -0.39 is 17.7 Å². The van der Waals surface area contributed by atoms with Gasteiger partial charge in [0.1, 0.15) is 23.1 Å². The lowest BCUT2D eigenvalue weighted by molar-refractivity contribution is 0.564. The zero-order valence-corrected chi connectivity index (χ0v) is 16.2. The summed E-state index contributed by atoms with van der Waals surface area (Å²) in [6.45, 7) is 8.77. The average Bonchev–Trinajstić information content (AvgIpc) is 3.09. The van der Waals surface area contributed by atoms with Crippen LogP contribution < -0.4 is 10.2 Å². The van der Waals surface area contributed by atoms with E-state index in [1.54, 1.807) is 41.8 Å². The summed E-state index contributed by atoms with van der Waals surface area (Å²) in [7, 11) is 3.28. The molecule has 0 aliphatic rings. The Morgan fingerprint density at radius 3 is 2.79 bits per heavy atom. The third-order valence-electron chi connectivity index (χ3n) is 4.39. The number of nitrogens with zero attached hydrogens (tertiary/aromatic N) is 6. The molecule has 1 aromatic carbocycles. The van der Waals surface area contributed by atoms with Crippen LogP contribution in [0, 0.1) is 18.2 Å². The molecule has 0 bridgehead atoms. The number of hydrogen-bond acceptors (Lipinski definition) is 4. The van der Waals surface area contributed by atoms with E-state index >= 15 is 0 Å². The van der Waals surface area contributed by atoms with Gasteiger partial charge in [-0.25, -0.2) is 18.3 Å². The highest BCUT2D eigenvalue weighted by molar-refractivity contribution is 7.80. The van der Waals surface area contributed by atoms with E-state index in [0.29, 0.717) is 17.2 Å². The number of anilines is 2. The minimum atomic E-state index is -0.500. The Labute approximate surface area is 166 Å². The molecule has 0 saturated carbocycles. The normalized spacial score (nSPS) is 11.7. The van der Waals surface area contributed by atoms with E-state index in [1.165, 1.54) is 18.1 Å². The highest BCUT2D eigenvalue weighted by atomic mass is 32.1. The predicted molar refractivity (Wildman–Crippen MR) is 107 cm³/mol. The molecule has 0 spiro atoms. The molecule has 1 N–H and O–H groups in total. The number of nitrogens with one attached hydrogen (secondary N) is 1. The van der Waals surface area contributed by atoms with Crippen LogP contribution in [0.2, 0.25) is 0 Å². The minimum absolute atomic E-state index is 0.209. The second kappa shape index (κ2) is 7.74. The minimum Gasteiger partial charge on any atom is -0.353 e. The van der Waals surface area contributed by atoms with Crippen molar-refractivity contribution in [1.29, 1.82) is 0 Å². The Morgan fingerprint density at radius 2 is 2.07 bits per heavy atom. The molecule has 0 aliphatic carbocycles. The fourth-order valence-electron chi connectivity index (χ4n) is 2.63. The van der Waals surface area contributed by atoms with Crippen LogP contribution in [0.3, 0.4) is 0 Å². The maximum Gasteiger partial charge on any atom is 0.245 e. The first-order valence-electron chi connectivity index (χ1n) is 8.26. The first-order chi connectivity index (χ1) is 13.3. The lowest BCUT2D eigenvalue weighted by Gasteiger charge is -2.26. The fraction of sp³-hybridized carbons (Fsp3) is 0.222. The Kier molecular flexibility index (Phi) is 5.37. The Bertz CT molecular complexity index is 1080. The van der Waals surface area contributed by atoms with Gasteiger partial charge in [-0.2, -0.15) is 16.6 Å². The van der Waals surface area contributed by atoms with Gasteiger partial charge in [-0.05, 0) is 43.4 Å². The summed E-state index contributed by atoms with van der Waals surface area (Å²) >= 11 is 5.15. The number of aromatic nitrogens is 3. The van der Waals surface area contributed by atoms with Crippen LogP contribution in [0.5, 0.6) is 0 Å². The topological polar surface area (TPSA) is 53.1 Å². The van der Waals surface area contributed by atoms with Crippen molar-refractivity contribution in [2.75, 3.05) is 24.3 Å². The van der Waals surface area contributed by atoms with Crippen LogP contribution in [0.1, 0.15) is 18.5 Å². The van der Waals surface area contributed by atoms with Crippen LogP contribution in [0.4, 0.5) is 20.3 Å². The van der Waals surface area contributed by atoms with E-state index in [1.807, 2.05) is 0 Å². The molecule has 10 heteroatoms. The number of fused-ring (bicyclic) bond motifs is 1. The van der Waals surface area contributed by atoms with Crippen molar-refractivity contribution >= 4 is 34.5 Å². The third kappa shape index (κ3) is 3.70. The number of hydrogen-bond donors (Lipinski definition) is 1. The van der Waals surface area contributed by atoms with Crippen LogP contribution >= 0.6 is 12.2 Å². The van der Waals surface area contributed by atoms with Crippen LogP contribution in [0.25, 0.3) is 10.6 Å². The van der Waals surface area contributed by atoms with Gasteiger partial charge in [-0.3, -0.25) is 0 Å². The Hall–Kier alpha value is -3.32. The lowest BCUT2D eigenvalue weighted by Crippen LogP contribution is -2.25. The summed E-state index contributed by atoms with van der Waals surface area (Å²) in [5.41, 5.74) is 1.24. The maximum absolute atomic E-state index is 14.1. The summed E-state index contributed by atoms with van der Waals surface area (Å²) in [5, 5.41) is 8.52. The molecule has 28 heavy (non-hydrogen) atoms. The van der Waals surface area contributed by atoms with E-state index in [2.05, 4.69) is 20.4 Å². The standard InChI is InChI=1S/C18H17F2N7S/c1-11(13-9-12(19)5-6-14(13)20)25(3)16-7-8-27-17(24-16)15(10-22-27)23-18(28)26(4)21-2/h5-11H,1,3-4H3,(H,23,28)/t11-/m1/s1. The Morgan fingerprint density at radius 1 is 1.32 bits per heavy atom. The monoisotopic (exact) mass is 401 g/mol. The summed E-state index contributed by atoms with van der Waals surface area (Å²) in [6, 6.07) is 4.64. The molecule has 1 atom stereocenters. The van der Waals surface area contributed by atoms with Crippen molar-refractivity contribution in [3.63, 3.8) is 0 Å². The van der Waals surface area contributed by atoms with E-state index in [9.17, 15) is 8.78 Å². The molecular formula is C18H17F2N7S. The first kappa shape index (κ1) is 19.4. The van der Waals surface area contributed by atoms with Crippen molar-refractivity contribution in [2.45, 2.75) is 13.0 Å². The van der Waals surface area contributed by atoms with E-state index in [4.69, 9.17) is 18.8 Å². The van der Waals surface area contributed by atoms with Gasteiger partial charge >= 0.3 is 0 Å². The number of benzene rings is 1. The molecule has 0 unspecified atom stereocenters. The molecule has 0 radical (unpaired) electrons. The molecule has 144 valence electrons. The van der Waals surface area contributed by atoms with Crippen molar-refractivity contribution in [1.82, 2.24) is 19.6 Å². The summed E-state index contributed by atoms with van der Waals surface area (Å²) in [4.78, 5) is 9.52. The molecule has 0 fully saturated rings. The summed E-state index contributed by atoms with van der Waals surface area (Å²) in [6.07, 6.45) is 3.25. The zero-order valence-electron chi connectivity index (χ0n) is 15.4. The highest BCUT2D eigenvalue weighted by Crippen LogP contribution is 2.27. The van der Waals surface area contributed by atoms with Gasteiger partial charge in [0.25, 0.3) is 0 Å². The van der Waals surface area contributed by atoms with E-state index in [-0.39, 0.29) is 10.7 Å². The second-order valence-electron chi connectivity index (χ2n) is 6.12. The summed E-state index contributed by atoms with van der Waals surface area (Å²) < 4.78 is 29.2. The molecule has 2 heterocycles. The van der Waals surface area contributed by atoms with Crippen LogP contribution in [0.15, 0.2) is 36.7 Å². The van der Waals surface area contributed by atoms with Crippen LogP contribution in [-0.4, -0.2) is 38.8 Å². The van der Waals surface area contributed by atoms with Gasteiger partial charge in [-0.15, -0.1) is 0 Å². The van der Waals surface area contributed by atoms with Crippen molar-refractivity contribution in [2.24, 2.45) is 0 Å². The molecule has 0 amide bonds. The van der Waals surface area contributed by atoms with Gasteiger partial charge < -0.3 is 10.2 Å². The second-order valence-corrected chi connectivity index (χ2v) is 6.51. The SMILES string of the molecule is [C-]#[N+]N(C)C(=S)Nc1cnn2ccc(N(C)[C@H](C)c3cc(F)ccc3F)nc12. The molecule has 3 aromatic rings. The predicted octanol–water partition coefficient (Wildman–Crippen LogP) is 3.67. The zero-order chi connectivity index (χ0) is 20.4. The molecule has 7 nitrogen and oxygen atoms in total. The number of halogens is 2. The first-order valence-corrected chi connectivity index (χ1v) is 8.67. The fourth-order valence-corrected chi connectivity index (χ4v) is 2.78. The third-order valence-corrected chi connectivity index (χ3v) is 4.76. The van der Waals surface area contributed by atoms with E-state index in [0.717, 1.165) is 12.1 Å². The highest BCUT2D eigenvalue weighted by Gasteiger charge is 2.19. The van der Waals surface area contributed by atoms with Gasteiger partial charge in [0.15, 0.2) is 5.65 Å². The number of thiocarbonyl (C=S) groups is 1. The molecular weight excluding hydrogens is 384 g/mol. The maximum atomic E-state index is 14.1.